The van der Waals surface area contributed by atoms with E-state index < -0.39 is 0 Å². The molecule has 1 aliphatic carbocycles. The molecule has 1 aliphatic rings. The number of benzene rings is 3. The molecule has 0 saturated carbocycles. The lowest BCUT2D eigenvalue weighted by atomic mass is 9.85. The van der Waals surface area contributed by atoms with Crippen molar-refractivity contribution in [3.05, 3.63) is 93.5 Å². The monoisotopic (exact) mass is 340 g/mol. The van der Waals surface area contributed by atoms with Crippen LogP contribution < -0.4 is 0 Å². The highest BCUT2D eigenvalue weighted by Crippen LogP contribution is 2.39. The van der Waals surface area contributed by atoms with Gasteiger partial charge in [-0.05, 0) is 96.0 Å². The van der Waals surface area contributed by atoms with E-state index in [0.29, 0.717) is 5.92 Å². The molecule has 0 radical (unpaired) electrons. The summed E-state index contributed by atoms with van der Waals surface area (Å²) in [5, 5.41) is 0. The maximum absolute atomic E-state index is 2.44. The number of hydrogen-bond donors (Lipinski definition) is 0. The highest BCUT2D eigenvalue weighted by Gasteiger charge is 2.23. The van der Waals surface area contributed by atoms with Crippen molar-refractivity contribution in [2.24, 2.45) is 0 Å². The van der Waals surface area contributed by atoms with Crippen LogP contribution in [0.1, 0.15) is 51.8 Å². The average Bonchev–Trinajstić information content (AvgIpc) is 2.81. The Balaban J connectivity index is 1.87. The molecule has 1 unspecified atom stereocenters. The summed E-state index contributed by atoms with van der Waals surface area (Å²) in [7, 11) is 0. The molecule has 1 atom stereocenters. The van der Waals surface area contributed by atoms with Crippen molar-refractivity contribution >= 4 is 0 Å². The number of aryl methyl sites for hydroxylation is 3. The maximum atomic E-state index is 2.44. The minimum Gasteiger partial charge on any atom is -0.0620 e. The zero-order chi connectivity index (χ0) is 18.3. The van der Waals surface area contributed by atoms with E-state index in [-0.39, 0.29) is 0 Å². The van der Waals surface area contributed by atoms with Gasteiger partial charge >= 0.3 is 0 Å². The van der Waals surface area contributed by atoms with E-state index >= 15 is 0 Å². The second kappa shape index (κ2) is 6.76. The van der Waals surface area contributed by atoms with Crippen molar-refractivity contribution in [3.8, 4) is 11.1 Å². The number of rotatable bonds is 2. The van der Waals surface area contributed by atoms with Crippen molar-refractivity contribution in [1.29, 1.82) is 0 Å². The molecule has 0 saturated heterocycles. The SMILES string of the molecule is CCc1ccc2c(c1)CC(c1cc(C)c(C)c(C)c1)Cc1ccccc1-2. The van der Waals surface area contributed by atoms with E-state index in [9.17, 15) is 0 Å². The first kappa shape index (κ1) is 17.1. The van der Waals surface area contributed by atoms with Crippen molar-refractivity contribution in [2.75, 3.05) is 0 Å². The Morgan fingerprint density at radius 1 is 0.769 bits per heavy atom. The van der Waals surface area contributed by atoms with Gasteiger partial charge in [-0.15, -0.1) is 0 Å². The topological polar surface area (TPSA) is 0 Å². The highest BCUT2D eigenvalue weighted by atomic mass is 14.3. The molecule has 26 heavy (non-hydrogen) atoms. The number of fused-ring (bicyclic) bond motifs is 3. The van der Waals surface area contributed by atoms with Gasteiger partial charge in [0.15, 0.2) is 0 Å². The summed E-state index contributed by atoms with van der Waals surface area (Å²) in [6.07, 6.45) is 3.34. The molecule has 3 aromatic rings. The van der Waals surface area contributed by atoms with Crippen LogP contribution >= 0.6 is 0 Å². The first-order chi connectivity index (χ1) is 12.6. The van der Waals surface area contributed by atoms with Crippen LogP contribution in [0.25, 0.3) is 11.1 Å². The van der Waals surface area contributed by atoms with Crippen LogP contribution in [-0.4, -0.2) is 0 Å². The molecule has 0 heterocycles. The molecule has 0 spiro atoms. The summed E-state index contributed by atoms with van der Waals surface area (Å²) >= 11 is 0. The second-order valence-corrected chi connectivity index (χ2v) is 7.89. The van der Waals surface area contributed by atoms with E-state index in [1.165, 1.54) is 50.1 Å². The van der Waals surface area contributed by atoms with Gasteiger partial charge < -0.3 is 0 Å². The summed E-state index contributed by atoms with van der Waals surface area (Å²) in [6, 6.07) is 20.9. The van der Waals surface area contributed by atoms with Gasteiger partial charge in [0.25, 0.3) is 0 Å². The van der Waals surface area contributed by atoms with Gasteiger partial charge in [-0.3, -0.25) is 0 Å². The molecule has 4 rings (SSSR count). The lowest BCUT2D eigenvalue weighted by Gasteiger charge is -2.19. The van der Waals surface area contributed by atoms with Gasteiger partial charge in [0.2, 0.25) is 0 Å². The van der Waals surface area contributed by atoms with Gasteiger partial charge in [0.1, 0.15) is 0 Å². The molecule has 0 aliphatic heterocycles. The zero-order valence-electron chi connectivity index (χ0n) is 16.4. The van der Waals surface area contributed by atoms with E-state index in [4.69, 9.17) is 0 Å². The molecule has 0 aromatic heterocycles. The number of hydrogen-bond acceptors (Lipinski definition) is 0. The molecule has 0 fully saturated rings. The van der Waals surface area contributed by atoms with Gasteiger partial charge in [0.05, 0.1) is 0 Å². The molecular formula is C26H28. The van der Waals surface area contributed by atoms with Crippen molar-refractivity contribution in [1.82, 2.24) is 0 Å². The van der Waals surface area contributed by atoms with E-state index in [0.717, 1.165) is 19.3 Å². The Labute approximate surface area is 157 Å². The summed E-state index contributed by atoms with van der Waals surface area (Å²) in [5.41, 5.74) is 13.0. The molecule has 3 aromatic carbocycles. The molecule has 132 valence electrons. The lowest BCUT2D eigenvalue weighted by molar-refractivity contribution is 0.686. The Morgan fingerprint density at radius 3 is 2.15 bits per heavy atom. The van der Waals surface area contributed by atoms with Crippen LogP contribution in [0.3, 0.4) is 0 Å². The fraction of sp³-hybridized carbons (Fsp3) is 0.308. The minimum atomic E-state index is 0.544. The van der Waals surface area contributed by atoms with Gasteiger partial charge in [-0.25, -0.2) is 0 Å². The molecule has 0 nitrogen and oxygen atoms in total. The van der Waals surface area contributed by atoms with Crippen LogP contribution in [-0.2, 0) is 19.3 Å². The third-order valence-electron chi connectivity index (χ3n) is 6.24. The Hall–Kier alpha value is -2.34. The second-order valence-electron chi connectivity index (χ2n) is 7.89. The highest BCUT2D eigenvalue weighted by molar-refractivity contribution is 5.72. The maximum Gasteiger partial charge on any atom is -0.00804 e. The lowest BCUT2D eigenvalue weighted by Crippen LogP contribution is -2.07. The molecular weight excluding hydrogens is 312 g/mol. The van der Waals surface area contributed by atoms with Crippen molar-refractivity contribution in [3.63, 3.8) is 0 Å². The fourth-order valence-electron chi connectivity index (χ4n) is 4.40. The molecule has 0 bridgehead atoms. The first-order valence-electron chi connectivity index (χ1n) is 9.84. The van der Waals surface area contributed by atoms with Gasteiger partial charge in [-0.2, -0.15) is 0 Å². The molecule has 0 amide bonds. The quantitative estimate of drug-likeness (QED) is 0.485. The largest absolute Gasteiger partial charge is 0.0620 e. The summed E-state index contributed by atoms with van der Waals surface area (Å²) in [5.74, 6) is 0.544. The molecule has 0 N–H and O–H groups in total. The van der Waals surface area contributed by atoms with Gasteiger partial charge in [0, 0.05) is 0 Å². The first-order valence-corrected chi connectivity index (χ1v) is 9.84. The van der Waals surface area contributed by atoms with E-state index in [2.05, 4.69) is 82.3 Å². The standard InChI is InChI=1S/C26H28/c1-5-20-10-11-26-24(14-20)16-23(15-21-8-6-7-9-25(21)26)22-12-17(2)19(4)18(3)13-22/h6-14,23H,5,15-16H2,1-4H3. The molecule has 0 heteroatoms. The van der Waals surface area contributed by atoms with Crippen molar-refractivity contribution in [2.45, 2.75) is 52.9 Å². The van der Waals surface area contributed by atoms with Crippen LogP contribution in [0, 0.1) is 20.8 Å². The Bertz CT molecular complexity index is 939. The summed E-state index contributed by atoms with van der Waals surface area (Å²) < 4.78 is 0. The predicted molar refractivity (Wildman–Crippen MR) is 112 cm³/mol. The minimum absolute atomic E-state index is 0.544. The van der Waals surface area contributed by atoms with E-state index in [1.807, 2.05) is 0 Å². The normalized spacial score (nSPS) is 15.9. The zero-order valence-corrected chi connectivity index (χ0v) is 16.4. The van der Waals surface area contributed by atoms with Crippen LogP contribution in [0.5, 0.6) is 0 Å². The van der Waals surface area contributed by atoms with Gasteiger partial charge in [-0.1, -0.05) is 61.5 Å². The fourth-order valence-corrected chi connectivity index (χ4v) is 4.40. The summed E-state index contributed by atoms with van der Waals surface area (Å²) in [4.78, 5) is 0. The Morgan fingerprint density at radius 2 is 1.42 bits per heavy atom. The third-order valence-corrected chi connectivity index (χ3v) is 6.24. The van der Waals surface area contributed by atoms with Crippen LogP contribution in [0.15, 0.2) is 54.6 Å². The third kappa shape index (κ3) is 2.98. The average molecular weight is 341 g/mol. The smallest absolute Gasteiger partial charge is 0.00804 e. The van der Waals surface area contributed by atoms with Crippen LogP contribution in [0.2, 0.25) is 0 Å². The summed E-state index contributed by atoms with van der Waals surface area (Å²) in [6.45, 7) is 8.98. The van der Waals surface area contributed by atoms with Crippen LogP contribution in [0.4, 0.5) is 0 Å². The van der Waals surface area contributed by atoms with Crippen molar-refractivity contribution < 1.29 is 0 Å². The van der Waals surface area contributed by atoms with E-state index in [1.54, 1.807) is 0 Å². The predicted octanol–water partition coefficient (Wildman–Crippen LogP) is 6.72. The Kier molecular flexibility index (Phi) is 4.44.